The number of carbonyl (C=O) groups excluding carboxylic acids is 6. The highest BCUT2D eigenvalue weighted by Crippen LogP contribution is 2.22. The molecule has 0 aliphatic carbocycles. The molecule has 13 N–H and O–H groups in total. The number of amides is 5. The first-order chi connectivity index (χ1) is 25.3. The molecule has 20 heteroatoms. The second kappa shape index (κ2) is 21.0. The van der Waals surface area contributed by atoms with E-state index in [0.717, 1.165) is 25.0 Å². The molecule has 0 radical (unpaired) electrons. The van der Waals surface area contributed by atoms with Crippen LogP contribution >= 0.6 is 11.6 Å². The van der Waals surface area contributed by atoms with Gasteiger partial charge in [-0.1, -0.05) is 35.9 Å². The molecule has 6 atom stereocenters. The van der Waals surface area contributed by atoms with E-state index in [9.17, 15) is 47.4 Å². The molecular formula is C34H45ClF2N8O9. The van der Waals surface area contributed by atoms with E-state index in [0.29, 0.717) is 11.4 Å². The molecule has 0 aromatic heterocycles. The lowest BCUT2D eigenvalue weighted by Gasteiger charge is -2.26. The van der Waals surface area contributed by atoms with Crippen LogP contribution in [0.25, 0.3) is 11.1 Å². The Kier molecular flexibility index (Phi) is 17.5. The number of carboxylic acid groups (broad SMARTS) is 1. The van der Waals surface area contributed by atoms with E-state index in [-0.39, 0.29) is 37.9 Å². The molecule has 54 heavy (non-hydrogen) atoms. The number of rotatable bonds is 21. The van der Waals surface area contributed by atoms with E-state index in [4.69, 9.17) is 33.9 Å². The SMILES string of the molecule is CC(NC(=O)C(CCCCN)NC(=O)C(N)NC(=O)C(NC(=O)C(CCN)NC(=O)c1ccc(-c2ccc(Cl)cc2)cc1)C(C)O)C(=O)C(F)(F)C(=O)O. The Balaban J connectivity index is 2.10. The Hall–Kier alpha value is -5.08. The molecule has 0 spiro atoms. The Morgan fingerprint density at radius 3 is 1.78 bits per heavy atom. The highest BCUT2D eigenvalue weighted by Gasteiger charge is 2.50. The molecule has 0 heterocycles. The van der Waals surface area contributed by atoms with Crippen LogP contribution in [0, 0.1) is 0 Å². The number of alkyl halides is 2. The third-order valence-electron chi connectivity index (χ3n) is 7.95. The molecule has 2 aromatic carbocycles. The van der Waals surface area contributed by atoms with Gasteiger partial charge in [-0.3, -0.25) is 28.8 Å². The second-order valence-electron chi connectivity index (χ2n) is 12.2. The van der Waals surface area contributed by atoms with Crippen LogP contribution in [0.2, 0.25) is 5.02 Å². The van der Waals surface area contributed by atoms with E-state index in [1.54, 1.807) is 48.5 Å². The van der Waals surface area contributed by atoms with E-state index in [2.05, 4.69) is 21.3 Å². The van der Waals surface area contributed by atoms with Crippen LogP contribution in [0.1, 0.15) is 49.9 Å². The maximum Gasteiger partial charge on any atom is 0.401 e. The van der Waals surface area contributed by atoms with Crippen molar-refractivity contribution in [1.29, 1.82) is 0 Å². The zero-order valence-electron chi connectivity index (χ0n) is 29.4. The molecular weight excluding hydrogens is 738 g/mol. The Bertz CT molecular complexity index is 1650. The summed E-state index contributed by atoms with van der Waals surface area (Å²) in [7, 11) is 0. The van der Waals surface area contributed by atoms with Crippen molar-refractivity contribution < 1.29 is 52.6 Å². The minimum absolute atomic E-state index is 0.0561. The Morgan fingerprint density at radius 1 is 0.722 bits per heavy atom. The monoisotopic (exact) mass is 782 g/mol. The number of hydrogen-bond donors (Lipinski definition) is 10. The number of carboxylic acids is 1. The summed E-state index contributed by atoms with van der Waals surface area (Å²) in [4.78, 5) is 87.9. The maximum atomic E-state index is 13.7. The van der Waals surface area contributed by atoms with E-state index < -0.39 is 83.6 Å². The number of unbranched alkanes of at least 4 members (excludes halogenated alkanes) is 1. The highest BCUT2D eigenvalue weighted by atomic mass is 35.5. The van der Waals surface area contributed by atoms with Crippen molar-refractivity contribution in [2.45, 2.75) is 81.9 Å². The quantitative estimate of drug-likeness (QED) is 0.0420. The van der Waals surface area contributed by atoms with Crippen LogP contribution in [-0.4, -0.2) is 107 Å². The van der Waals surface area contributed by atoms with Crippen LogP contribution < -0.4 is 43.8 Å². The van der Waals surface area contributed by atoms with Crippen LogP contribution in [0.15, 0.2) is 48.5 Å². The third-order valence-corrected chi connectivity index (χ3v) is 8.21. The summed E-state index contributed by atoms with van der Waals surface area (Å²) in [6.45, 7) is 2.12. The van der Waals surface area contributed by atoms with Gasteiger partial charge in [0.25, 0.3) is 11.8 Å². The number of aliphatic hydroxyl groups excluding tert-OH is 1. The van der Waals surface area contributed by atoms with Gasteiger partial charge in [-0.25, -0.2) is 4.79 Å². The summed E-state index contributed by atoms with van der Waals surface area (Å²) in [5.41, 5.74) is 18.8. The lowest BCUT2D eigenvalue weighted by atomic mass is 10.0. The van der Waals surface area contributed by atoms with Gasteiger partial charge in [-0.05, 0) is 88.0 Å². The van der Waals surface area contributed by atoms with Crippen LogP contribution in [0.5, 0.6) is 0 Å². The molecule has 0 bridgehead atoms. The maximum absolute atomic E-state index is 13.7. The van der Waals surface area contributed by atoms with Crippen molar-refractivity contribution >= 4 is 52.9 Å². The Labute approximate surface area is 314 Å². The average Bonchev–Trinajstić information content (AvgIpc) is 3.12. The van der Waals surface area contributed by atoms with E-state index in [1.807, 2.05) is 5.32 Å². The number of ketones is 1. The number of carbonyl (C=O) groups is 7. The molecule has 0 aliphatic rings. The summed E-state index contributed by atoms with van der Waals surface area (Å²) in [6, 6.07) is 7.08. The van der Waals surface area contributed by atoms with Crippen molar-refractivity contribution in [3.05, 3.63) is 59.1 Å². The molecule has 2 rings (SSSR count). The summed E-state index contributed by atoms with van der Waals surface area (Å²) in [5.74, 6) is -14.6. The molecule has 2 aromatic rings. The number of nitrogens with two attached hydrogens (primary N) is 3. The normalized spacial score (nSPS) is 14.6. The van der Waals surface area contributed by atoms with Crippen molar-refractivity contribution in [3.63, 3.8) is 0 Å². The molecule has 0 aliphatic heterocycles. The van der Waals surface area contributed by atoms with E-state index >= 15 is 0 Å². The lowest BCUT2D eigenvalue weighted by molar-refractivity contribution is -0.172. The minimum Gasteiger partial charge on any atom is -0.476 e. The number of aliphatic hydroxyl groups is 1. The zero-order chi connectivity index (χ0) is 40.7. The molecule has 0 saturated carbocycles. The fraction of sp³-hybridized carbons (Fsp3) is 0.441. The van der Waals surface area contributed by atoms with Gasteiger partial charge in [0, 0.05) is 10.6 Å². The number of aliphatic carboxylic acids is 1. The van der Waals surface area contributed by atoms with E-state index in [1.165, 1.54) is 0 Å². The predicted molar refractivity (Wildman–Crippen MR) is 192 cm³/mol. The van der Waals surface area contributed by atoms with Gasteiger partial charge in [0.05, 0.1) is 12.1 Å². The van der Waals surface area contributed by atoms with Gasteiger partial charge >= 0.3 is 11.9 Å². The Morgan fingerprint density at radius 2 is 1.26 bits per heavy atom. The number of hydrogen-bond acceptors (Lipinski definition) is 11. The molecule has 17 nitrogen and oxygen atoms in total. The predicted octanol–water partition coefficient (Wildman–Crippen LogP) is -0.872. The highest BCUT2D eigenvalue weighted by molar-refractivity contribution is 6.30. The fourth-order valence-electron chi connectivity index (χ4n) is 4.88. The van der Waals surface area contributed by atoms with Crippen LogP contribution in [0.3, 0.4) is 0 Å². The minimum atomic E-state index is -4.80. The second-order valence-corrected chi connectivity index (χ2v) is 12.7. The zero-order valence-corrected chi connectivity index (χ0v) is 30.2. The van der Waals surface area contributed by atoms with Crippen LogP contribution in [-0.2, 0) is 28.8 Å². The molecule has 6 unspecified atom stereocenters. The average molecular weight is 783 g/mol. The van der Waals surface area contributed by atoms with Crippen molar-refractivity contribution in [1.82, 2.24) is 26.6 Å². The van der Waals surface area contributed by atoms with Gasteiger partial charge in [0.1, 0.15) is 18.1 Å². The first-order valence-electron chi connectivity index (χ1n) is 16.7. The number of halogens is 3. The molecule has 0 fully saturated rings. The summed E-state index contributed by atoms with van der Waals surface area (Å²) >= 11 is 5.94. The van der Waals surface area contributed by atoms with Gasteiger partial charge in [-0.2, -0.15) is 8.78 Å². The molecule has 5 amide bonds. The first kappa shape index (κ1) is 45.1. The first-order valence-corrected chi connectivity index (χ1v) is 17.1. The fourth-order valence-corrected chi connectivity index (χ4v) is 5.01. The van der Waals surface area contributed by atoms with Crippen molar-refractivity contribution in [3.8, 4) is 11.1 Å². The summed E-state index contributed by atoms with van der Waals surface area (Å²) < 4.78 is 27.4. The number of nitrogens with one attached hydrogen (secondary N) is 5. The summed E-state index contributed by atoms with van der Waals surface area (Å²) in [6.07, 6.45) is -3.05. The standard InChI is InChI=1S/C34H45ClF2N8O9/c1-17(26(47)34(36,37)33(53)54)41-29(49)23(5-3-4-15-38)43-32(52)27(40)45-31(51)25(18(2)46)44-30(50)24(14-16-39)42-28(48)21-8-6-19(7-9-21)20-10-12-22(35)13-11-20/h6-13,17-18,23-25,27,46H,3-5,14-16,38-40H2,1-2H3,(H,41,49)(H,42,48)(H,43,52)(H,44,50)(H,45,51)(H,53,54). The van der Waals surface area contributed by atoms with Gasteiger partial charge in [-0.15, -0.1) is 0 Å². The third kappa shape index (κ3) is 13.1. The largest absolute Gasteiger partial charge is 0.476 e. The van der Waals surface area contributed by atoms with Gasteiger partial charge in [0.15, 0.2) is 6.17 Å². The molecule has 0 saturated heterocycles. The van der Waals surface area contributed by atoms with Crippen LogP contribution in [0.4, 0.5) is 8.78 Å². The van der Waals surface area contributed by atoms with Gasteiger partial charge in [0.2, 0.25) is 23.5 Å². The van der Waals surface area contributed by atoms with Crippen molar-refractivity contribution in [2.24, 2.45) is 17.2 Å². The smallest absolute Gasteiger partial charge is 0.401 e. The van der Waals surface area contributed by atoms with Gasteiger partial charge < -0.3 is 54.0 Å². The number of Topliss-reactive ketones (excluding diaryl/α,β-unsaturated/α-hetero) is 1. The van der Waals surface area contributed by atoms with Crippen molar-refractivity contribution in [2.75, 3.05) is 13.1 Å². The number of benzene rings is 2. The topological polar surface area (TPSA) is 298 Å². The lowest BCUT2D eigenvalue weighted by Crippen LogP contribution is -2.63. The summed E-state index contributed by atoms with van der Waals surface area (Å²) in [5, 5.41) is 30.6. The molecule has 296 valence electrons.